The molecule has 4 N–H and O–H groups in total. The van der Waals surface area contributed by atoms with E-state index < -0.39 is 0 Å². The Bertz CT molecular complexity index is 101. The summed E-state index contributed by atoms with van der Waals surface area (Å²) in [6, 6.07) is 0. The lowest BCUT2D eigenvalue weighted by molar-refractivity contribution is -0.299. The summed E-state index contributed by atoms with van der Waals surface area (Å²) in [5.74, 6) is 4.72. The molecule has 0 saturated carbocycles. The van der Waals surface area contributed by atoms with E-state index in [4.69, 9.17) is 11.6 Å². The molecule has 0 fully saturated rings. The van der Waals surface area contributed by atoms with Crippen molar-refractivity contribution in [3.05, 3.63) is 0 Å². The number of rotatable bonds is 12. The molecule has 4 heteroatoms. The minimum absolute atomic E-state index is 0.604. The highest BCUT2D eigenvalue weighted by Gasteiger charge is 1.92. The summed E-state index contributed by atoms with van der Waals surface area (Å²) in [6.45, 7) is 1.44. The van der Waals surface area contributed by atoms with Crippen molar-refractivity contribution in [2.45, 2.75) is 57.8 Å². The summed E-state index contributed by atoms with van der Waals surface area (Å²) in [4.78, 5) is 8.59. The van der Waals surface area contributed by atoms with E-state index in [0.717, 1.165) is 13.0 Å². The molecule has 0 atom stereocenters. The Labute approximate surface area is 93.2 Å². The van der Waals surface area contributed by atoms with E-state index >= 15 is 0 Å². The molecule has 0 saturated heterocycles. The maximum absolute atomic E-state index is 5.42. The maximum Gasteiger partial charge on any atom is 0.0842 e. The Hall–Kier alpha value is -0.160. The Balaban J connectivity index is 2.81. The lowest BCUT2D eigenvalue weighted by Crippen LogP contribution is -2.01. The van der Waals surface area contributed by atoms with E-state index in [1.54, 1.807) is 0 Å². The molecule has 0 aromatic heterocycles. The first-order valence-corrected chi connectivity index (χ1v) is 6.10. The van der Waals surface area contributed by atoms with Crippen LogP contribution in [0.3, 0.4) is 0 Å². The largest absolute Gasteiger partial charge is 0.330 e. The van der Waals surface area contributed by atoms with Gasteiger partial charge in [0.2, 0.25) is 0 Å². The predicted octanol–water partition coefficient (Wildman–Crippen LogP) is 2.28. The molecule has 15 heavy (non-hydrogen) atoms. The number of nitrogens with two attached hydrogens (primary N) is 2. The third-order valence-electron chi connectivity index (χ3n) is 2.50. The highest BCUT2D eigenvalue weighted by molar-refractivity contribution is 4.47. The van der Waals surface area contributed by atoms with Crippen molar-refractivity contribution in [1.82, 2.24) is 0 Å². The van der Waals surface area contributed by atoms with Crippen molar-refractivity contribution in [3.8, 4) is 0 Å². The molecule has 0 aromatic carbocycles. The molecule has 0 aliphatic rings. The third-order valence-corrected chi connectivity index (χ3v) is 2.50. The van der Waals surface area contributed by atoms with Crippen LogP contribution in [0.1, 0.15) is 57.8 Å². The van der Waals surface area contributed by atoms with Gasteiger partial charge in [-0.2, -0.15) is 5.90 Å². The molecular weight excluding hydrogens is 192 g/mol. The van der Waals surface area contributed by atoms with Crippen LogP contribution in [0.15, 0.2) is 0 Å². The molecular formula is C11H26N2O2. The normalized spacial score (nSPS) is 10.8. The molecule has 0 radical (unpaired) electrons. The number of hydrogen-bond acceptors (Lipinski definition) is 4. The van der Waals surface area contributed by atoms with Gasteiger partial charge in [-0.1, -0.05) is 44.9 Å². The van der Waals surface area contributed by atoms with Crippen molar-refractivity contribution >= 4 is 0 Å². The van der Waals surface area contributed by atoms with Gasteiger partial charge in [-0.05, 0) is 19.4 Å². The highest BCUT2D eigenvalue weighted by atomic mass is 17.3. The Kier molecular flexibility index (Phi) is 13.7. The zero-order chi connectivity index (χ0) is 11.2. The average molecular weight is 218 g/mol. The molecule has 0 rings (SSSR count). The predicted molar refractivity (Wildman–Crippen MR) is 61.8 cm³/mol. The van der Waals surface area contributed by atoms with Gasteiger partial charge in [0.25, 0.3) is 0 Å². The second kappa shape index (κ2) is 13.8. The quantitative estimate of drug-likeness (QED) is 0.299. The fourth-order valence-electron chi connectivity index (χ4n) is 1.59. The molecule has 0 aliphatic heterocycles. The van der Waals surface area contributed by atoms with E-state index in [1.807, 2.05) is 0 Å². The van der Waals surface area contributed by atoms with E-state index in [0.29, 0.717) is 6.61 Å². The average Bonchev–Trinajstić information content (AvgIpc) is 2.26. The molecule has 0 unspecified atom stereocenters. The van der Waals surface area contributed by atoms with Gasteiger partial charge in [0.15, 0.2) is 0 Å². The standard InChI is InChI=1S/C11H26N2O2/c12-10-8-6-4-2-1-3-5-7-9-11-14-15-13/h1-13H2. The van der Waals surface area contributed by atoms with Crippen LogP contribution in [0.25, 0.3) is 0 Å². The fourth-order valence-corrected chi connectivity index (χ4v) is 1.59. The first-order chi connectivity index (χ1) is 7.41. The molecule has 92 valence electrons. The maximum atomic E-state index is 5.42. The van der Waals surface area contributed by atoms with E-state index in [1.165, 1.54) is 51.4 Å². The van der Waals surface area contributed by atoms with Gasteiger partial charge in [0.05, 0.1) is 6.61 Å². The van der Waals surface area contributed by atoms with E-state index in [-0.39, 0.29) is 0 Å². The van der Waals surface area contributed by atoms with Gasteiger partial charge < -0.3 is 5.73 Å². The molecule has 0 spiro atoms. The second-order valence-electron chi connectivity index (χ2n) is 3.89. The summed E-state index contributed by atoms with van der Waals surface area (Å²) < 4.78 is 0. The summed E-state index contributed by atoms with van der Waals surface area (Å²) in [6.07, 6.45) is 11.3. The Morgan fingerprint density at radius 3 is 1.60 bits per heavy atom. The van der Waals surface area contributed by atoms with Gasteiger partial charge in [-0.3, -0.25) is 0 Å². The van der Waals surface area contributed by atoms with E-state index in [9.17, 15) is 0 Å². The summed E-state index contributed by atoms with van der Waals surface area (Å²) >= 11 is 0. The van der Waals surface area contributed by atoms with Crippen molar-refractivity contribution < 1.29 is 9.88 Å². The third kappa shape index (κ3) is 13.8. The van der Waals surface area contributed by atoms with Crippen LogP contribution in [0.2, 0.25) is 0 Å². The topological polar surface area (TPSA) is 70.5 Å². The van der Waals surface area contributed by atoms with Crippen LogP contribution in [-0.4, -0.2) is 13.2 Å². The SMILES string of the molecule is NCCCCCCCCCCCOON. The number of hydrogen-bond donors (Lipinski definition) is 2. The zero-order valence-corrected chi connectivity index (χ0v) is 9.75. The first-order valence-electron chi connectivity index (χ1n) is 6.10. The molecule has 0 aliphatic carbocycles. The van der Waals surface area contributed by atoms with Crippen LogP contribution >= 0.6 is 0 Å². The highest BCUT2D eigenvalue weighted by Crippen LogP contribution is 2.09. The number of unbranched alkanes of at least 4 members (excludes halogenated alkanes) is 8. The minimum Gasteiger partial charge on any atom is -0.330 e. The van der Waals surface area contributed by atoms with Crippen LogP contribution in [0.4, 0.5) is 0 Å². The van der Waals surface area contributed by atoms with Crippen molar-refractivity contribution in [2.24, 2.45) is 11.6 Å². The Morgan fingerprint density at radius 2 is 1.13 bits per heavy atom. The van der Waals surface area contributed by atoms with E-state index in [2.05, 4.69) is 9.88 Å². The van der Waals surface area contributed by atoms with Crippen LogP contribution < -0.4 is 11.6 Å². The van der Waals surface area contributed by atoms with Crippen LogP contribution in [0.5, 0.6) is 0 Å². The zero-order valence-electron chi connectivity index (χ0n) is 9.75. The molecule has 0 aromatic rings. The molecule has 4 nitrogen and oxygen atoms in total. The van der Waals surface area contributed by atoms with Gasteiger partial charge in [-0.15, -0.1) is 4.99 Å². The lowest BCUT2D eigenvalue weighted by atomic mass is 10.1. The van der Waals surface area contributed by atoms with Gasteiger partial charge in [0.1, 0.15) is 0 Å². The van der Waals surface area contributed by atoms with Gasteiger partial charge in [-0.25, -0.2) is 4.89 Å². The lowest BCUT2D eigenvalue weighted by Gasteiger charge is -2.01. The fraction of sp³-hybridized carbons (Fsp3) is 1.00. The molecule has 0 bridgehead atoms. The van der Waals surface area contributed by atoms with Crippen LogP contribution in [-0.2, 0) is 9.88 Å². The van der Waals surface area contributed by atoms with Gasteiger partial charge in [0, 0.05) is 0 Å². The van der Waals surface area contributed by atoms with Crippen molar-refractivity contribution in [2.75, 3.05) is 13.2 Å². The summed E-state index contributed by atoms with van der Waals surface area (Å²) in [5.41, 5.74) is 5.42. The smallest absolute Gasteiger partial charge is 0.0842 e. The van der Waals surface area contributed by atoms with Crippen molar-refractivity contribution in [1.29, 1.82) is 0 Å². The summed E-state index contributed by atoms with van der Waals surface area (Å²) in [7, 11) is 0. The van der Waals surface area contributed by atoms with Gasteiger partial charge >= 0.3 is 0 Å². The monoisotopic (exact) mass is 218 g/mol. The Morgan fingerprint density at radius 1 is 0.667 bits per heavy atom. The first kappa shape index (κ1) is 14.8. The second-order valence-corrected chi connectivity index (χ2v) is 3.89. The minimum atomic E-state index is 0.604. The molecule has 0 amide bonds. The summed E-state index contributed by atoms with van der Waals surface area (Å²) in [5, 5.41) is 0. The van der Waals surface area contributed by atoms with Crippen molar-refractivity contribution in [3.63, 3.8) is 0 Å². The van der Waals surface area contributed by atoms with Crippen LogP contribution in [0, 0.1) is 0 Å². The molecule has 0 heterocycles.